The fourth-order valence-electron chi connectivity index (χ4n) is 2.73. The van der Waals surface area contributed by atoms with Crippen molar-refractivity contribution in [1.82, 2.24) is 9.88 Å². The minimum Gasteiger partial charge on any atom is -0.349 e. The van der Waals surface area contributed by atoms with E-state index in [2.05, 4.69) is 4.98 Å². The monoisotopic (exact) mass is 343 g/mol. The molecular weight excluding hydrogens is 327 g/mol. The summed E-state index contributed by atoms with van der Waals surface area (Å²) in [7, 11) is 3.45. The lowest BCUT2D eigenvalue weighted by Crippen LogP contribution is -2.31. The maximum Gasteiger partial charge on any atom is 0.416 e. The minimum absolute atomic E-state index is 0.0768. The van der Waals surface area contributed by atoms with Crippen molar-refractivity contribution < 1.29 is 18.0 Å². The number of halogens is 3. The summed E-state index contributed by atoms with van der Waals surface area (Å²) in [6.45, 7) is 1.25. The first kappa shape index (κ1) is 16.0. The molecule has 0 N–H and O–H groups in total. The van der Waals surface area contributed by atoms with E-state index in [-0.39, 0.29) is 11.8 Å². The molecule has 0 radical (unpaired) electrons. The molecule has 8 heteroatoms. The Hall–Kier alpha value is -1.83. The Labute approximate surface area is 135 Å². The van der Waals surface area contributed by atoms with Gasteiger partial charge in [-0.1, -0.05) is 11.3 Å². The van der Waals surface area contributed by atoms with Crippen molar-refractivity contribution in [3.05, 3.63) is 23.8 Å². The lowest BCUT2D eigenvalue weighted by molar-refractivity contribution is -0.137. The summed E-state index contributed by atoms with van der Waals surface area (Å²) in [5.41, 5.74) is -0.342. The molecule has 0 spiro atoms. The van der Waals surface area contributed by atoms with Crippen molar-refractivity contribution in [3.8, 4) is 0 Å². The summed E-state index contributed by atoms with van der Waals surface area (Å²) >= 11 is 1.36. The maximum absolute atomic E-state index is 12.8. The average Bonchev–Trinajstić information content (AvgIpc) is 3.10. The summed E-state index contributed by atoms with van der Waals surface area (Å²) in [6.07, 6.45) is -3.63. The average molecular weight is 343 g/mol. The van der Waals surface area contributed by atoms with Crippen LogP contribution in [-0.2, 0) is 11.0 Å². The third-order valence-corrected chi connectivity index (χ3v) is 5.05. The van der Waals surface area contributed by atoms with Gasteiger partial charge in [0.1, 0.15) is 0 Å². The molecule has 3 rings (SSSR count). The van der Waals surface area contributed by atoms with E-state index in [4.69, 9.17) is 0 Å². The Morgan fingerprint density at radius 2 is 2.13 bits per heavy atom. The number of fused-ring (bicyclic) bond motifs is 1. The first-order valence-corrected chi connectivity index (χ1v) is 8.01. The second-order valence-corrected chi connectivity index (χ2v) is 6.85. The van der Waals surface area contributed by atoms with Crippen LogP contribution in [0.4, 0.5) is 18.3 Å². The largest absolute Gasteiger partial charge is 0.416 e. The molecule has 0 saturated carbocycles. The van der Waals surface area contributed by atoms with Crippen molar-refractivity contribution in [2.75, 3.05) is 32.1 Å². The quantitative estimate of drug-likeness (QED) is 0.840. The van der Waals surface area contributed by atoms with E-state index in [0.29, 0.717) is 23.7 Å². The predicted octanol–water partition coefficient (Wildman–Crippen LogP) is 3.23. The number of rotatable bonds is 2. The Kier molecular flexibility index (Phi) is 3.95. The Morgan fingerprint density at radius 3 is 2.78 bits per heavy atom. The lowest BCUT2D eigenvalue weighted by Gasteiger charge is -2.17. The van der Waals surface area contributed by atoms with Crippen LogP contribution in [0.25, 0.3) is 10.2 Å². The van der Waals surface area contributed by atoms with Crippen LogP contribution in [0.1, 0.15) is 12.0 Å². The van der Waals surface area contributed by atoms with Crippen molar-refractivity contribution in [2.45, 2.75) is 12.6 Å². The summed E-state index contributed by atoms with van der Waals surface area (Å²) < 4.78 is 39.0. The molecule has 1 aromatic carbocycles. The van der Waals surface area contributed by atoms with E-state index in [1.165, 1.54) is 17.4 Å². The number of benzene rings is 1. The van der Waals surface area contributed by atoms with Crippen LogP contribution >= 0.6 is 11.3 Å². The third kappa shape index (κ3) is 3.12. The SMILES string of the molecule is CN(C)C(=O)C1CCN(c2nc3cc(C(F)(F)F)ccc3s2)C1. The zero-order valence-corrected chi connectivity index (χ0v) is 13.5. The number of amides is 1. The van der Waals surface area contributed by atoms with Gasteiger partial charge < -0.3 is 9.80 Å². The van der Waals surface area contributed by atoms with Gasteiger partial charge in [0.15, 0.2) is 5.13 Å². The van der Waals surface area contributed by atoms with Gasteiger partial charge in [0.25, 0.3) is 0 Å². The lowest BCUT2D eigenvalue weighted by atomic mass is 10.1. The molecule has 1 fully saturated rings. The highest BCUT2D eigenvalue weighted by Gasteiger charge is 2.32. The zero-order chi connectivity index (χ0) is 16.8. The fraction of sp³-hybridized carbons (Fsp3) is 0.467. The third-order valence-electron chi connectivity index (χ3n) is 3.95. The first-order chi connectivity index (χ1) is 10.8. The van der Waals surface area contributed by atoms with E-state index in [0.717, 1.165) is 23.3 Å². The van der Waals surface area contributed by atoms with Gasteiger partial charge in [0, 0.05) is 27.2 Å². The standard InChI is InChI=1S/C15H16F3N3OS/c1-20(2)13(22)9-5-6-21(8-9)14-19-11-7-10(15(16,17)18)3-4-12(11)23-14/h3-4,7,9H,5-6,8H2,1-2H3. The van der Waals surface area contributed by atoms with Crippen LogP contribution in [0.5, 0.6) is 0 Å². The molecule has 1 aromatic heterocycles. The number of hydrogen-bond acceptors (Lipinski definition) is 4. The highest BCUT2D eigenvalue weighted by molar-refractivity contribution is 7.22. The van der Waals surface area contributed by atoms with Crippen molar-refractivity contribution >= 4 is 32.6 Å². The van der Waals surface area contributed by atoms with Crippen LogP contribution in [0.2, 0.25) is 0 Å². The van der Waals surface area contributed by atoms with Crippen molar-refractivity contribution in [3.63, 3.8) is 0 Å². The van der Waals surface area contributed by atoms with Crippen LogP contribution in [0.3, 0.4) is 0 Å². The first-order valence-electron chi connectivity index (χ1n) is 7.19. The predicted molar refractivity (Wildman–Crippen MR) is 83.6 cm³/mol. The molecule has 1 saturated heterocycles. The molecule has 1 unspecified atom stereocenters. The van der Waals surface area contributed by atoms with E-state index in [9.17, 15) is 18.0 Å². The number of aromatic nitrogens is 1. The molecule has 1 atom stereocenters. The molecule has 1 amide bonds. The van der Waals surface area contributed by atoms with Gasteiger partial charge in [-0.05, 0) is 24.6 Å². The fourth-order valence-corrected chi connectivity index (χ4v) is 3.71. The summed E-state index contributed by atoms with van der Waals surface area (Å²) in [4.78, 5) is 19.9. The molecule has 124 valence electrons. The smallest absolute Gasteiger partial charge is 0.349 e. The molecule has 0 aliphatic carbocycles. The van der Waals surface area contributed by atoms with Crippen LogP contribution in [0, 0.1) is 5.92 Å². The van der Waals surface area contributed by atoms with Crippen LogP contribution < -0.4 is 4.90 Å². The second-order valence-electron chi connectivity index (χ2n) is 5.84. The van der Waals surface area contributed by atoms with Gasteiger partial charge in [-0.25, -0.2) is 4.98 Å². The number of hydrogen-bond donors (Lipinski definition) is 0. The number of nitrogens with zero attached hydrogens (tertiary/aromatic N) is 3. The molecule has 0 bridgehead atoms. The molecule has 1 aliphatic rings. The topological polar surface area (TPSA) is 36.4 Å². The van der Waals surface area contributed by atoms with E-state index >= 15 is 0 Å². The number of thiazole rings is 1. The van der Waals surface area contributed by atoms with E-state index < -0.39 is 11.7 Å². The highest BCUT2D eigenvalue weighted by atomic mass is 32.1. The zero-order valence-electron chi connectivity index (χ0n) is 12.7. The van der Waals surface area contributed by atoms with Gasteiger partial charge in [0.2, 0.25) is 5.91 Å². The van der Waals surface area contributed by atoms with Crippen LogP contribution in [-0.4, -0.2) is 43.0 Å². The minimum atomic E-state index is -4.37. The summed E-state index contributed by atoms with van der Waals surface area (Å²) in [6, 6.07) is 3.61. The van der Waals surface area contributed by atoms with Gasteiger partial charge >= 0.3 is 6.18 Å². The number of anilines is 1. The summed E-state index contributed by atoms with van der Waals surface area (Å²) in [5.74, 6) is -0.00397. The van der Waals surface area contributed by atoms with Crippen molar-refractivity contribution in [2.24, 2.45) is 5.92 Å². The molecule has 1 aliphatic heterocycles. The summed E-state index contributed by atoms with van der Waals surface area (Å²) in [5, 5.41) is 0.674. The molecular formula is C15H16F3N3OS. The molecule has 2 heterocycles. The van der Waals surface area contributed by atoms with E-state index in [1.807, 2.05) is 4.90 Å². The van der Waals surface area contributed by atoms with Crippen LogP contribution in [0.15, 0.2) is 18.2 Å². The van der Waals surface area contributed by atoms with E-state index in [1.54, 1.807) is 19.0 Å². The molecule has 2 aromatic rings. The van der Waals surface area contributed by atoms with Gasteiger partial charge in [-0.3, -0.25) is 4.79 Å². The Bertz CT molecular complexity index is 741. The second kappa shape index (κ2) is 5.67. The number of carbonyl (C=O) groups excluding carboxylic acids is 1. The van der Waals surface area contributed by atoms with Gasteiger partial charge in [-0.15, -0.1) is 0 Å². The highest BCUT2D eigenvalue weighted by Crippen LogP contribution is 2.36. The molecule has 23 heavy (non-hydrogen) atoms. The van der Waals surface area contributed by atoms with Crippen molar-refractivity contribution in [1.29, 1.82) is 0 Å². The molecule has 4 nitrogen and oxygen atoms in total. The van der Waals surface area contributed by atoms with Gasteiger partial charge in [0.05, 0.1) is 21.7 Å². The number of carbonyl (C=O) groups is 1. The maximum atomic E-state index is 12.8. The number of alkyl halides is 3. The normalized spacial score (nSPS) is 18.7. The van der Waals surface area contributed by atoms with Gasteiger partial charge in [-0.2, -0.15) is 13.2 Å². The Balaban J connectivity index is 1.83. The Morgan fingerprint density at radius 1 is 1.39 bits per heavy atom.